The number of likely N-dealkylation sites (tertiary alicyclic amines) is 1. The summed E-state index contributed by atoms with van der Waals surface area (Å²) in [6, 6.07) is 9.31. The van der Waals surface area contributed by atoms with Gasteiger partial charge in [0.25, 0.3) is 0 Å². The van der Waals surface area contributed by atoms with Crippen LogP contribution in [-0.4, -0.2) is 41.4 Å². The Morgan fingerprint density at radius 3 is 2.91 bits per heavy atom. The highest BCUT2D eigenvalue weighted by Gasteiger charge is 2.25. The Bertz CT molecular complexity index is 658. The Balaban J connectivity index is 1.59. The molecule has 1 atom stereocenters. The number of benzene rings is 1. The molecular weight excluding hydrogens is 282 g/mol. The monoisotopic (exact) mass is 301 g/mol. The lowest BCUT2D eigenvalue weighted by atomic mass is 9.98. The van der Waals surface area contributed by atoms with E-state index in [2.05, 4.69) is 4.90 Å². The summed E-state index contributed by atoms with van der Waals surface area (Å²) < 4.78 is 5.57. The lowest BCUT2D eigenvalue weighted by Crippen LogP contribution is -2.39. The summed E-state index contributed by atoms with van der Waals surface area (Å²) in [5.41, 5.74) is 0.717. The third kappa shape index (κ3) is 3.20. The van der Waals surface area contributed by atoms with Crippen LogP contribution in [0, 0.1) is 5.92 Å². The molecule has 1 aromatic heterocycles. The molecule has 3 rings (SSSR count). The van der Waals surface area contributed by atoms with Crippen LogP contribution < -0.4 is 0 Å². The zero-order valence-electron chi connectivity index (χ0n) is 12.3. The summed E-state index contributed by atoms with van der Waals surface area (Å²) in [4.78, 5) is 25.3. The van der Waals surface area contributed by atoms with Crippen molar-refractivity contribution in [3.8, 4) is 0 Å². The van der Waals surface area contributed by atoms with Crippen molar-refractivity contribution < 1.29 is 19.1 Å². The van der Waals surface area contributed by atoms with Crippen LogP contribution in [0.1, 0.15) is 29.8 Å². The van der Waals surface area contributed by atoms with Crippen LogP contribution in [0.2, 0.25) is 0 Å². The zero-order valence-corrected chi connectivity index (χ0v) is 12.3. The van der Waals surface area contributed by atoms with Gasteiger partial charge in [-0.15, -0.1) is 0 Å². The van der Waals surface area contributed by atoms with Crippen LogP contribution in [0.4, 0.5) is 0 Å². The van der Waals surface area contributed by atoms with E-state index < -0.39 is 5.97 Å². The van der Waals surface area contributed by atoms with Gasteiger partial charge in [0.05, 0.1) is 5.92 Å². The fraction of sp³-hybridized carbons (Fsp3) is 0.412. The lowest BCUT2D eigenvalue weighted by molar-refractivity contribution is -0.143. The number of Topliss-reactive ketones (excluding diaryl/α,β-unsaturated/α-hetero) is 1. The number of carboxylic acids is 1. The van der Waals surface area contributed by atoms with Crippen molar-refractivity contribution in [3.63, 3.8) is 0 Å². The average Bonchev–Trinajstić information content (AvgIpc) is 2.97. The van der Waals surface area contributed by atoms with Gasteiger partial charge in [0.1, 0.15) is 5.58 Å². The van der Waals surface area contributed by atoms with Gasteiger partial charge in [-0.1, -0.05) is 18.2 Å². The summed E-state index contributed by atoms with van der Waals surface area (Å²) in [7, 11) is 0. The summed E-state index contributed by atoms with van der Waals surface area (Å²) in [6.07, 6.45) is 1.95. The van der Waals surface area contributed by atoms with Crippen molar-refractivity contribution in [2.45, 2.75) is 19.3 Å². The summed E-state index contributed by atoms with van der Waals surface area (Å²) in [6.45, 7) is 1.97. The minimum Gasteiger partial charge on any atom is -0.481 e. The molecule has 5 heteroatoms. The Kier molecular flexibility index (Phi) is 4.24. The van der Waals surface area contributed by atoms with E-state index in [1.54, 1.807) is 6.07 Å². The molecule has 1 unspecified atom stereocenters. The number of nitrogens with zero attached hydrogens (tertiary/aromatic N) is 1. The van der Waals surface area contributed by atoms with Gasteiger partial charge in [-0.3, -0.25) is 9.59 Å². The predicted octanol–water partition coefficient (Wildman–Crippen LogP) is 2.80. The molecule has 116 valence electrons. The standard InChI is InChI=1S/C17H19NO4/c19-14(16-10-12-4-1-2-6-15(12)22-16)7-9-18-8-3-5-13(11-18)17(20)21/h1-2,4,6,10,13H,3,5,7-9,11H2,(H,20,21). The molecule has 1 N–H and O–H groups in total. The van der Waals surface area contributed by atoms with Crippen molar-refractivity contribution in [3.05, 3.63) is 36.1 Å². The third-order valence-corrected chi connectivity index (χ3v) is 4.21. The van der Waals surface area contributed by atoms with Crippen LogP contribution in [0.15, 0.2) is 34.7 Å². The molecule has 1 saturated heterocycles. The number of aliphatic carboxylic acids is 1. The predicted molar refractivity (Wildman–Crippen MR) is 82.0 cm³/mol. The number of ketones is 1. The quantitative estimate of drug-likeness (QED) is 0.860. The Morgan fingerprint density at radius 2 is 2.14 bits per heavy atom. The number of hydrogen-bond acceptors (Lipinski definition) is 4. The first kappa shape index (κ1) is 14.8. The molecule has 22 heavy (non-hydrogen) atoms. The second-order valence-corrected chi connectivity index (χ2v) is 5.80. The van der Waals surface area contributed by atoms with E-state index in [1.165, 1.54) is 0 Å². The van der Waals surface area contributed by atoms with Crippen molar-refractivity contribution in [2.24, 2.45) is 5.92 Å². The molecule has 0 spiro atoms. The second-order valence-electron chi connectivity index (χ2n) is 5.80. The maximum atomic E-state index is 12.2. The molecule has 0 aliphatic carbocycles. The smallest absolute Gasteiger partial charge is 0.307 e. The molecule has 0 radical (unpaired) electrons. The maximum absolute atomic E-state index is 12.2. The van der Waals surface area contributed by atoms with Crippen molar-refractivity contribution in [2.75, 3.05) is 19.6 Å². The molecule has 2 aromatic rings. The number of rotatable bonds is 5. The molecule has 1 fully saturated rings. The molecular formula is C17H19NO4. The lowest BCUT2D eigenvalue weighted by Gasteiger charge is -2.30. The Morgan fingerprint density at radius 1 is 1.32 bits per heavy atom. The fourth-order valence-corrected chi connectivity index (χ4v) is 2.96. The highest BCUT2D eigenvalue weighted by atomic mass is 16.4. The number of carboxylic acid groups (broad SMARTS) is 1. The van der Waals surface area contributed by atoms with Gasteiger partial charge in [-0.05, 0) is 31.5 Å². The van der Waals surface area contributed by atoms with Crippen LogP contribution in [-0.2, 0) is 4.79 Å². The van der Waals surface area contributed by atoms with Crippen LogP contribution in [0.5, 0.6) is 0 Å². The number of carbonyl (C=O) groups is 2. The van der Waals surface area contributed by atoms with Gasteiger partial charge >= 0.3 is 5.97 Å². The van der Waals surface area contributed by atoms with Crippen LogP contribution in [0.25, 0.3) is 11.0 Å². The highest BCUT2D eigenvalue weighted by molar-refractivity contribution is 5.97. The molecule has 1 aliphatic rings. The van der Waals surface area contributed by atoms with E-state index in [4.69, 9.17) is 9.52 Å². The van der Waals surface area contributed by atoms with Gasteiger partial charge in [0, 0.05) is 24.9 Å². The van der Waals surface area contributed by atoms with E-state index in [9.17, 15) is 9.59 Å². The number of furan rings is 1. The number of carbonyl (C=O) groups excluding carboxylic acids is 1. The first-order chi connectivity index (χ1) is 10.6. The van der Waals surface area contributed by atoms with E-state index in [-0.39, 0.29) is 11.7 Å². The molecule has 2 heterocycles. The van der Waals surface area contributed by atoms with E-state index in [0.29, 0.717) is 25.3 Å². The van der Waals surface area contributed by atoms with Gasteiger partial charge < -0.3 is 14.4 Å². The Labute approximate surface area is 128 Å². The largest absolute Gasteiger partial charge is 0.481 e. The number of para-hydroxylation sites is 1. The molecule has 0 amide bonds. The van der Waals surface area contributed by atoms with Gasteiger partial charge in [0.15, 0.2) is 11.5 Å². The van der Waals surface area contributed by atoms with Gasteiger partial charge in [-0.25, -0.2) is 0 Å². The maximum Gasteiger partial charge on any atom is 0.307 e. The van der Waals surface area contributed by atoms with Crippen molar-refractivity contribution in [1.82, 2.24) is 4.90 Å². The van der Waals surface area contributed by atoms with E-state index >= 15 is 0 Å². The highest BCUT2D eigenvalue weighted by Crippen LogP contribution is 2.21. The minimum absolute atomic E-state index is 0.0337. The van der Waals surface area contributed by atoms with Crippen molar-refractivity contribution in [1.29, 1.82) is 0 Å². The average molecular weight is 301 g/mol. The topological polar surface area (TPSA) is 70.8 Å². The molecule has 5 nitrogen and oxygen atoms in total. The third-order valence-electron chi connectivity index (χ3n) is 4.21. The fourth-order valence-electron chi connectivity index (χ4n) is 2.96. The normalized spacial score (nSPS) is 19.4. The van der Waals surface area contributed by atoms with Crippen LogP contribution >= 0.6 is 0 Å². The summed E-state index contributed by atoms with van der Waals surface area (Å²) >= 11 is 0. The zero-order chi connectivity index (χ0) is 15.5. The van der Waals surface area contributed by atoms with Crippen LogP contribution in [0.3, 0.4) is 0 Å². The summed E-state index contributed by atoms with van der Waals surface area (Å²) in [5, 5.41) is 10.0. The van der Waals surface area contributed by atoms with E-state index in [0.717, 1.165) is 30.4 Å². The SMILES string of the molecule is O=C(CCN1CCCC(C(=O)O)C1)c1cc2ccccc2o1. The van der Waals surface area contributed by atoms with E-state index in [1.807, 2.05) is 24.3 Å². The number of piperidine rings is 1. The van der Waals surface area contributed by atoms with Gasteiger partial charge in [0.2, 0.25) is 0 Å². The second kappa shape index (κ2) is 6.32. The Hall–Kier alpha value is -2.14. The van der Waals surface area contributed by atoms with Crippen molar-refractivity contribution >= 4 is 22.7 Å². The number of hydrogen-bond donors (Lipinski definition) is 1. The molecule has 1 aromatic carbocycles. The first-order valence-electron chi connectivity index (χ1n) is 7.60. The molecule has 0 bridgehead atoms. The molecule has 1 aliphatic heterocycles. The first-order valence-corrected chi connectivity index (χ1v) is 7.60. The number of fused-ring (bicyclic) bond motifs is 1. The van der Waals surface area contributed by atoms with Gasteiger partial charge in [-0.2, -0.15) is 0 Å². The molecule has 0 saturated carbocycles. The minimum atomic E-state index is -0.742. The summed E-state index contributed by atoms with van der Waals surface area (Å²) in [5.74, 6) is -0.704.